The molecule has 90 valence electrons. The van der Waals surface area contributed by atoms with Crippen LogP contribution in [-0.4, -0.2) is 15.2 Å². The van der Waals surface area contributed by atoms with Crippen LogP contribution >= 0.6 is 0 Å². The van der Waals surface area contributed by atoms with Gasteiger partial charge < -0.3 is 10.7 Å². The van der Waals surface area contributed by atoms with E-state index in [0.29, 0.717) is 11.4 Å². The third kappa shape index (κ3) is 2.08. The number of nitrogen functional groups attached to an aromatic ring is 1. The van der Waals surface area contributed by atoms with Crippen molar-refractivity contribution in [2.24, 2.45) is 0 Å². The number of aryl methyl sites for hydroxylation is 1. The van der Waals surface area contributed by atoms with Crippen molar-refractivity contribution in [1.29, 1.82) is 0 Å². The molecule has 5 nitrogen and oxygen atoms in total. The third-order valence-corrected chi connectivity index (χ3v) is 2.73. The van der Waals surface area contributed by atoms with E-state index in [1.165, 1.54) is 0 Å². The molecule has 0 aliphatic rings. The number of H-pyrrole nitrogens is 2. The van der Waals surface area contributed by atoms with E-state index in [1.54, 1.807) is 12.3 Å². The molecule has 0 atom stereocenters. The van der Waals surface area contributed by atoms with E-state index in [2.05, 4.69) is 22.1 Å². The highest BCUT2D eigenvalue weighted by Gasteiger charge is 2.14. The van der Waals surface area contributed by atoms with Crippen molar-refractivity contribution in [2.45, 2.75) is 26.7 Å². The molecule has 2 aromatic rings. The Morgan fingerprint density at radius 1 is 1.47 bits per heavy atom. The van der Waals surface area contributed by atoms with Crippen LogP contribution < -0.4 is 11.2 Å². The van der Waals surface area contributed by atoms with E-state index in [9.17, 15) is 4.79 Å². The van der Waals surface area contributed by atoms with Crippen molar-refractivity contribution in [3.05, 3.63) is 33.7 Å². The van der Waals surface area contributed by atoms with Gasteiger partial charge in [-0.2, -0.15) is 5.10 Å². The van der Waals surface area contributed by atoms with Gasteiger partial charge in [-0.1, -0.05) is 13.3 Å². The zero-order valence-corrected chi connectivity index (χ0v) is 10.0. The Morgan fingerprint density at radius 2 is 2.24 bits per heavy atom. The summed E-state index contributed by atoms with van der Waals surface area (Å²) in [6, 6.07) is 1.57. The minimum atomic E-state index is -0.0257. The Balaban J connectivity index is 2.56. The molecule has 2 heterocycles. The molecule has 0 saturated carbocycles. The molecule has 0 spiro atoms. The smallest absolute Gasteiger partial charge is 0.191 e. The second-order valence-corrected chi connectivity index (χ2v) is 4.11. The predicted molar refractivity (Wildman–Crippen MR) is 67.8 cm³/mol. The fraction of sp³-hybridized carbons (Fsp3) is 0.333. The maximum Gasteiger partial charge on any atom is 0.191 e. The summed E-state index contributed by atoms with van der Waals surface area (Å²) in [5.74, 6) is 0.474. The van der Waals surface area contributed by atoms with Crippen LogP contribution in [0.15, 0.2) is 17.1 Å². The van der Waals surface area contributed by atoms with Crippen LogP contribution in [0.2, 0.25) is 0 Å². The van der Waals surface area contributed by atoms with Gasteiger partial charge in [0.2, 0.25) is 0 Å². The maximum atomic E-state index is 11.9. The number of hydrogen-bond donors (Lipinski definition) is 3. The molecule has 0 aliphatic carbocycles. The average Bonchev–Trinajstić information content (AvgIpc) is 2.62. The maximum absolute atomic E-state index is 11.9. The highest BCUT2D eigenvalue weighted by atomic mass is 16.1. The van der Waals surface area contributed by atoms with Gasteiger partial charge in [0.1, 0.15) is 5.82 Å². The van der Waals surface area contributed by atoms with Gasteiger partial charge in [0.15, 0.2) is 5.43 Å². The molecule has 0 amide bonds. The summed E-state index contributed by atoms with van der Waals surface area (Å²) in [6.07, 6.45) is 3.47. The summed E-state index contributed by atoms with van der Waals surface area (Å²) in [7, 11) is 0. The van der Waals surface area contributed by atoms with E-state index in [1.807, 2.05) is 6.92 Å². The summed E-state index contributed by atoms with van der Waals surface area (Å²) in [5, 5.41) is 6.82. The molecule has 5 heteroatoms. The summed E-state index contributed by atoms with van der Waals surface area (Å²) >= 11 is 0. The van der Waals surface area contributed by atoms with Crippen molar-refractivity contribution in [3.8, 4) is 11.3 Å². The summed E-state index contributed by atoms with van der Waals surface area (Å²) in [4.78, 5) is 14.9. The average molecular weight is 232 g/mol. The molecule has 17 heavy (non-hydrogen) atoms. The number of rotatable bonds is 3. The van der Waals surface area contributed by atoms with Gasteiger partial charge in [0.05, 0.1) is 11.3 Å². The van der Waals surface area contributed by atoms with E-state index in [4.69, 9.17) is 5.73 Å². The lowest BCUT2D eigenvalue weighted by Gasteiger charge is -2.02. The van der Waals surface area contributed by atoms with Gasteiger partial charge in [-0.25, -0.2) is 0 Å². The molecule has 2 aromatic heterocycles. The first kappa shape index (κ1) is 11.4. The zero-order valence-electron chi connectivity index (χ0n) is 10.0. The fourth-order valence-corrected chi connectivity index (χ4v) is 1.87. The lowest BCUT2D eigenvalue weighted by atomic mass is 10.1. The van der Waals surface area contributed by atoms with Crippen molar-refractivity contribution < 1.29 is 0 Å². The minimum absolute atomic E-state index is 0.0257. The Kier molecular flexibility index (Phi) is 2.99. The van der Waals surface area contributed by atoms with Crippen LogP contribution in [-0.2, 0) is 6.42 Å². The zero-order chi connectivity index (χ0) is 12.4. The number of aromatic nitrogens is 3. The van der Waals surface area contributed by atoms with E-state index >= 15 is 0 Å². The molecular formula is C12H16N4O. The van der Waals surface area contributed by atoms with E-state index < -0.39 is 0 Å². The number of pyridine rings is 1. The second kappa shape index (κ2) is 4.45. The molecule has 0 aliphatic heterocycles. The molecule has 0 unspecified atom stereocenters. The van der Waals surface area contributed by atoms with Crippen molar-refractivity contribution in [3.63, 3.8) is 0 Å². The SMILES string of the molecule is CCCc1c(N)n[nH]c1-c1c[nH]c(C)cc1=O. The molecular weight excluding hydrogens is 216 g/mol. The molecule has 2 rings (SSSR count). The highest BCUT2D eigenvalue weighted by molar-refractivity contribution is 5.67. The van der Waals surface area contributed by atoms with Crippen LogP contribution in [0, 0.1) is 6.92 Å². The summed E-state index contributed by atoms with van der Waals surface area (Å²) in [5.41, 5.74) is 8.83. The monoisotopic (exact) mass is 232 g/mol. The van der Waals surface area contributed by atoms with Crippen molar-refractivity contribution in [2.75, 3.05) is 5.73 Å². The van der Waals surface area contributed by atoms with E-state index in [0.717, 1.165) is 29.8 Å². The third-order valence-electron chi connectivity index (χ3n) is 2.73. The van der Waals surface area contributed by atoms with Gasteiger partial charge in [-0.3, -0.25) is 9.89 Å². The van der Waals surface area contributed by atoms with Gasteiger partial charge in [0.25, 0.3) is 0 Å². The normalized spacial score (nSPS) is 10.7. The van der Waals surface area contributed by atoms with Crippen LogP contribution in [0.1, 0.15) is 24.6 Å². The van der Waals surface area contributed by atoms with Gasteiger partial charge in [-0.15, -0.1) is 0 Å². The number of aromatic amines is 2. The number of anilines is 1. The van der Waals surface area contributed by atoms with Gasteiger partial charge in [0, 0.05) is 23.5 Å². The van der Waals surface area contributed by atoms with Gasteiger partial charge >= 0.3 is 0 Å². The lowest BCUT2D eigenvalue weighted by Crippen LogP contribution is -2.06. The summed E-state index contributed by atoms with van der Waals surface area (Å²) < 4.78 is 0. The molecule has 0 aromatic carbocycles. The first-order chi connectivity index (χ1) is 8.13. The highest BCUT2D eigenvalue weighted by Crippen LogP contribution is 2.23. The summed E-state index contributed by atoms with van der Waals surface area (Å²) in [6.45, 7) is 3.91. The number of hydrogen-bond acceptors (Lipinski definition) is 3. The van der Waals surface area contributed by atoms with Crippen molar-refractivity contribution in [1.82, 2.24) is 15.2 Å². The number of nitrogens with zero attached hydrogens (tertiary/aromatic N) is 1. The Hall–Kier alpha value is -2.04. The molecule has 0 saturated heterocycles. The van der Waals surface area contributed by atoms with Crippen LogP contribution in [0.3, 0.4) is 0 Å². The molecule has 0 radical (unpaired) electrons. The topological polar surface area (TPSA) is 87.6 Å². The first-order valence-electron chi connectivity index (χ1n) is 5.66. The van der Waals surface area contributed by atoms with Gasteiger partial charge in [-0.05, 0) is 13.3 Å². The molecule has 4 N–H and O–H groups in total. The predicted octanol–water partition coefficient (Wildman–Crippen LogP) is 1.61. The fourth-order valence-electron chi connectivity index (χ4n) is 1.87. The largest absolute Gasteiger partial charge is 0.382 e. The van der Waals surface area contributed by atoms with Crippen LogP contribution in [0.4, 0.5) is 5.82 Å². The van der Waals surface area contributed by atoms with Crippen LogP contribution in [0.5, 0.6) is 0 Å². The Labute approximate surface area is 99.1 Å². The number of nitrogens with one attached hydrogen (secondary N) is 2. The minimum Gasteiger partial charge on any atom is -0.382 e. The van der Waals surface area contributed by atoms with E-state index in [-0.39, 0.29) is 5.43 Å². The Bertz CT molecular complexity index is 582. The number of nitrogens with two attached hydrogens (primary N) is 1. The molecule has 0 bridgehead atoms. The quantitative estimate of drug-likeness (QED) is 0.751. The van der Waals surface area contributed by atoms with Crippen LogP contribution in [0.25, 0.3) is 11.3 Å². The standard InChI is InChI=1S/C12H16N4O/c1-3-4-8-11(15-16-12(8)13)9-6-14-7(2)5-10(9)17/h5-6H,3-4H2,1-2H3,(H,14,17)(H3,13,15,16). The molecule has 0 fully saturated rings. The first-order valence-corrected chi connectivity index (χ1v) is 5.66. The Morgan fingerprint density at radius 3 is 2.88 bits per heavy atom. The van der Waals surface area contributed by atoms with Crippen molar-refractivity contribution >= 4 is 5.82 Å². The lowest BCUT2D eigenvalue weighted by molar-refractivity contribution is 0.926. The second-order valence-electron chi connectivity index (χ2n) is 4.11.